The Morgan fingerprint density at radius 3 is 2.63 bits per heavy atom. The molecule has 1 aromatic carbocycles. The molecule has 2 amide bonds. The molecule has 4 unspecified atom stereocenters. The summed E-state index contributed by atoms with van der Waals surface area (Å²) in [6.45, 7) is 3.20. The van der Waals surface area contributed by atoms with Gasteiger partial charge in [0.2, 0.25) is 6.41 Å². The van der Waals surface area contributed by atoms with E-state index in [4.69, 9.17) is 11.6 Å². The molecule has 38 heavy (non-hydrogen) atoms. The smallest absolute Gasteiger partial charge is 0.272 e. The molecule has 0 N–H and O–H groups in total. The maximum Gasteiger partial charge on any atom is 0.272 e. The number of carbonyl (C=O) groups is 2. The van der Waals surface area contributed by atoms with Crippen LogP contribution in [0.5, 0.6) is 0 Å². The lowest BCUT2D eigenvalue weighted by Gasteiger charge is -2.38. The van der Waals surface area contributed by atoms with E-state index in [1.54, 1.807) is 39.2 Å². The highest BCUT2D eigenvalue weighted by atomic mass is 35.5. The van der Waals surface area contributed by atoms with E-state index in [9.17, 15) is 23.0 Å². The Kier molecular flexibility index (Phi) is 7.26. The molecule has 1 aliphatic heterocycles. The van der Waals surface area contributed by atoms with Gasteiger partial charge >= 0.3 is 0 Å². The van der Waals surface area contributed by atoms with Crippen LogP contribution in [0.1, 0.15) is 46.4 Å². The number of amides is 2. The number of fused-ring (bicyclic) bond motifs is 4. The van der Waals surface area contributed by atoms with Gasteiger partial charge in [-0.1, -0.05) is 17.7 Å². The van der Waals surface area contributed by atoms with E-state index < -0.39 is 22.5 Å². The van der Waals surface area contributed by atoms with E-state index in [2.05, 4.69) is 0 Å². The van der Waals surface area contributed by atoms with Crippen LogP contribution >= 0.6 is 11.6 Å². The predicted octanol–water partition coefficient (Wildman–Crippen LogP) is 2.91. The second-order valence-corrected chi connectivity index (χ2v) is 12.5. The van der Waals surface area contributed by atoms with Gasteiger partial charge in [-0.15, -0.1) is 0 Å². The van der Waals surface area contributed by atoms with Crippen LogP contribution in [0.4, 0.5) is 4.39 Å². The molecule has 1 aromatic heterocycles. The largest absolute Gasteiger partial charge is 0.341 e. The maximum atomic E-state index is 14.0. The molecule has 2 aromatic rings. The Hall–Kier alpha value is -2.56. The molecule has 2 fully saturated rings. The van der Waals surface area contributed by atoms with Crippen LogP contribution in [0.3, 0.4) is 0 Å². The van der Waals surface area contributed by atoms with Gasteiger partial charge in [0.1, 0.15) is 17.2 Å². The summed E-state index contributed by atoms with van der Waals surface area (Å²) in [6, 6.07) is 5.95. The first kappa shape index (κ1) is 27.0. The minimum absolute atomic E-state index is 0.00655. The van der Waals surface area contributed by atoms with Gasteiger partial charge in [-0.2, -0.15) is 0 Å². The van der Waals surface area contributed by atoms with Crippen molar-refractivity contribution in [1.29, 1.82) is 0 Å². The quantitative estimate of drug-likeness (QED) is 0.417. The second-order valence-electron chi connectivity index (χ2n) is 10.7. The molecule has 0 bridgehead atoms. The molecule has 5 rings (SSSR count). The summed E-state index contributed by atoms with van der Waals surface area (Å²) >= 11 is 5.90. The highest BCUT2D eigenvalue weighted by Gasteiger charge is 2.66. The van der Waals surface area contributed by atoms with Crippen LogP contribution in [0.2, 0.25) is 5.02 Å². The zero-order chi connectivity index (χ0) is 27.4. The average Bonchev–Trinajstić information content (AvgIpc) is 3.52. The Bertz CT molecular complexity index is 1380. The number of rotatable bonds is 10. The number of carbonyl (C=O) groups excluding carboxylic acids is 2. The van der Waals surface area contributed by atoms with Crippen molar-refractivity contribution in [2.24, 2.45) is 11.8 Å². The zero-order valence-electron chi connectivity index (χ0n) is 21.8. The number of aryl methyl sites for hydroxylation is 1. The van der Waals surface area contributed by atoms with Gasteiger partial charge in [-0.05, 0) is 74.4 Å². The fourth-order valence-corrected chi connectivity index (χ4v) is 6.95. The Balaban J connectivity index is 1.46. The van der Waals surface area contributed by atoms with Crippen molar-refractivity contribution >= 4 is 34.9 Å². The summed E-state index contributed by atoms with van der Waals surface area (Å²) in [6.07, 6.45) is 5.41. The average molecular weight is 563 g/mol. The molecule has 204 valence electrons. The zero-order valence-corrected chi connectivity index (χ0v) is 23.4. The number of hydrogen-bond donors (Lipinski definition) is 0. The fraction of sp³-hybridized carbons (Fsp3) is 0.519. The topological polar surface area (TPSA) is 82.9 Å². The molecule has 4 atom stereocenters. The van der Waals surface area contributed by atoms with Gasteiger partial charge in [-0.25, -0.2) is 12.9 Å². The number of halogens is 2. The molecule has 3 aliphatic rings. The summed E-state index contributed by atoms with van der Waals surface area (Å²) in [4.78, 5) is 42.8. The predicted molar refractivity (Wildman–Crippen MR) is 144 cm³/mol. The lowest BCUT2D eigenvalue weighted by Crippen LogP contribution is -2.52. The summed E-state index contributed by atoms with van der Waals surface area (Å²) in [5, 5.41) is -0.00655. The van der Waals surface area contributed by atoms with Crippen LogP contribution in [-0.2, 0) is 34.4 Å². The monoisotopic (exact) mass is 562 g/mol. The molecule has 2 saturated carbocycles. The maximum absolute atomic E-state index is 14.0. The van der Waals surface area contributed by atoms with E-state index in [-0.39, 0.29) is 29.0 Å². The van der Waals surface area contributed by atoms with Crippen molar-refractivity contribution in [2.75, 3.05) is 32.9 Å². The highest BCUT2D eigenvalue weighted by molar-refractivity contribution is 7.81. The molecular formula is C27H32ClFN4O4S. The van der Waals surface area contributed by atoms with Gasteiger partial charge in [0, 0.05) is 44.4 Å². The van der Waals surface area contributed by atoms with Crippen molar-refractivity contribution in [1.82, 2.24) is 18.7 Å². The minimum Gasteiger partial charge on any atom is -0.341 e. The molecule has 0 radical (unpaired) electrons. The van der Waals surface area contributed by atoms with Crippen molar-refractivity contribution in [3.05, 3.63) is 67.8 Å². The van der Waals surface area contributed by atoms with E-state index in [1.165, 1.54) is 12.1 Å². The van der Waals surface area contributed by atoms with Crippen LogP contribution in [0.15, 0.2) is 29.1 Å². The summed E-state index contributed by atoms with van der Waals surface area (Å²) in [5.74, 6) is 0.0610. The molecule has 2 aliphatic carbocycles. The summed E-state index contributed by atoms with van der Waals surface area (Å²) in [7, 11) is 0.593. The van der Waals surface area contributed by atoms with Crippen LogP contribution in [-0.4, -0.2) is 68.1 Å². The Labute approximate surface area is 228 Å². The first-order valence-corrected chi connectivity index (χ1v) is 14.7. The first-order valence-electron chi connectivity index (χ1n) is 12.8. The lowest BCUT2D eigenvalue weighted by molar-refractivity contribution is -0.118. The Morgan fingerprint density at radius 1 is 1.26 bits per heavy atom. The van der Waals surface area contributed by atoms with Crippen molar-refractivity contribution < 1.29 is 18.2 Å². The molecule has 0 saturated heterocycles. The van der Waals surface area contributed by atoms with Crippen LogP contribution < -0.4 is 5.56 Å². The third kappa shape index (κ3) is 4.50. The van der Waals surface area contributed by atoms with Crippen LogP contribution in [0, 0.1) is 24.6 Å². The standard InChI is InChI=1S/C27H32ClFN4O4S/c1-17-12-24(35)33-25(20(17)7-9-31(16-34)15-18-4-5-23(29)22(28)13-18)26(36)32(11-10-30(2)38(3)37)27(33)8-6-19-14-21(19)27/h4-5,12-13,16,19,21H,6-11,14-15H2,1-3H3. The number of hydrogen-bond acceptors (Lipinski definition) is 4. The van der Waals surface area contributed by atoms with Crippen LogP contribution in [0.25, 0.3) is 0 Å². The van der Waals surface area contributed by atoms with Gasteiger partial charge in [0.15, 0.2) is 0 Å². The second kappa shape index (κ2) is 10.2. The van der Waals surface area contributed by atoms with E-state index in [0.717, 1.165) is 36.8 Å². The van der Waals surface area contributed by atoms with Gasteiger partial charge < -0.3 is 9.80 Å². The van der Waals surface area contributed by atoms with E-state index in [1.807, 2.05) is 11.8 Å². The minimum atomic E-state index is -1.17. The number of nitrogens with zero attached hydrogens (tertiary/aromatic N) is 4. The van der Waals surface area contributed by atoms with Crippen molar-refractivity contribution in [2.45, 2.75) is 44.8 Å². The summed E-state index contributed by atoms with van der Waals surface area (Å²) < 4.78 is 28.9. The molecule has 11 heteroatoms. The normalized spacial score (nSPS) is 24.2. The lowest BCUT2D eigenvalue weighted by atomic mass is 10.0. The van der Waals surface area contributed by atoms with Crippen molar-refractivity contribution in [3.8, 4) is 0 Å². The number of likely N-dealkylation sites (N-methyl/N-ethyl adjacent to an activating group) is 1. The third-order valence-corrected chi connectivity index (χ3v) is 9.84. The SMILES string of the molecule is Cc1cc(=O)n2c(c1CCN(C=O)Cc1ccc(F)c(Cl)c1)C(=O)N(CCN(C)S(C)=O)C21CCC2CC21. The van der Waals surface area contributed by atoms with Gasteiger partial charge in [0.25, 0.3) is 11.5 Å². The first-order chi connectivity index (χ1) is 18.1. The molecule has 2 heterocycles. The van der Waals surface area contributed by atoms with E-state index >= 15 is 0 Å². The highest BCUT2D eigenvalue weighted by Crippen LogP contribution is 2.63. The van der Waals surface area contributed by atoms with Gasteiger partial charge in [-0.3, -0.25) is 19.0 Å². The number of pyridine rings is 1. The van der Waals surface area contributed by atoms with E-state index in [0.29, 0.717) is 43.2 Å². The summed E-state index contributed by atoms with van der Waals surface area (Å²) in [5.41, 5.74) is 1.74. The third-order valence-electron chi connectivity index (χ3n) is 8.49. The molecule has 8 nitrogen and oxygen atoms in total. The van der Waals surface area contributed by atoms with Gasteiger partial charge in [0.05, 0.1) is 16.0 Å². The van der Waals surface area contributed by atoms with Crippen molar-refractivity contribution in [3.63, 3.8) is 0 Å². The Morgan fingerprint density at radius 2 is 2.03 bits per heavy atom. The number of aromatic nitrogens is 1. The number of benzene rings is 1. The molecule has 1 spiro atoms. The fourth-order valence-electron chi connectivity index (χ4n) is 6.41. The molecular weight excluding hydrogens is 531 g/mol.